The minimum Gasteiger partial charge on any atom is -0.423 e. The van der Waals surface area contributed by atoms with E-state index in [4.69, 9.17) is 16.0 Å². The van der Waals surface area contributed by atoms with Gasteiger partial charge in [0.2, 0.25) is 0 Å². The number of rotatable bonds is 2. The number of hydrogen-bond acceptors (Lipinski definition) is 4. The van der Waals surface area contributed by atoms with Gasteiger partial charge in [0, 0.05) is 18.1 Å². The lowest BCUT2D eigenvalue weighted by Gasteiger charge is -2.37. The highest BCUT2D eigenvalue weighted by Crippen LogP contribution is 2.35. The second-order valence-electron chi connectivity index (χ2n) is 5.99. The zero-order valence-electron chi connectivity index (χ0n) is 12.6. The van der Waals surface area contributed by atoms with Gasteiger partial charge in [0.25, 0.3) is 6.01 Å². The molecule has 1 aliphatic heterocycles. The van der Waals surface area contributed by atoms with Crippen LogP contribution in [0.25, 0.3) is 11.1 Å². The Morgan fingerprint density at radius 2 is 1.74 bits per heavy atom. The first kappa shape index (κ1) is 14.5. The Hall–Kier alpha value is -2.04. The van der Waals surface area contributed by atoms with E-state index in [1.54, 1.807) is 0 Å². The summed E-state index contributed by atoms with van der Waals surface area (Å²) in [4.78, 5) is 6.62. The summed E-state index contributed by atoms with van der Waals surface area (Å²) in [5.74, 6) is 0. The van der Waals surface area contributed by atoms with Crippen molar-refractivity contribution >= 4 is 28.7 Å². The van der Waals surface area contributed by atoms with Gasteiger partial charge in [-0.3, -0.25) is 0 Å². The maximum atomic E-state index is 10.9. The molecule has 0 spiro atoms. The number of hydrogen-bond donors (Lipinski definition) is 1. The third-order valence-electron chi connectivity index (χ3n) is 4.53. The van der Waals surface area contributed by atoms with E-state index in [-0.39, 0.29) is 0 Å². The van der Waals surface area contributed by atoms with Crippen LogP contribution in [0.5, 0.6) is 0 Å². The summed E-state index contributed by atoms with van der Waals surface area (Å²) in [6.07, 6.45) is 1.26. The van der Waals surface area contributed by atoms with Crippen molar-refractivity contribution in [1.29, 1.82) is 0 Å². The summed E-state index contributed by atoms with van der Waals surface area (Å²) in [6, 6.07) is 15.8. The lowest BCUT2D eigenvalue weighted by atomic mass is 9.84. The van der Waals surface area contributed by atoms with Crippen LogP contribution in [0.1, 0.15) is 18.4 Å². The Bertz CT molecular complexity index is 787. The van der Waals surface area contributed by atoms with Crippen molar-refractivity contribution in [3.63, 3.8) is 0 Å². The van der Waals surface area contributed by atoms with Gasteiger partial charge in [0.1, 0.15) is 5.52 Å². The summed E-state index contributed by atoms with van der Waals surface area (Å²) < 4.78 is 5.81. The Morgan fingerprint density at radius 3 is 2.43 bits per heavy atom. The van der Waals surface area contributed by atoms with E-state index in [1.165, 1.54) is 0 Å². The van der Waals surface area contributed by atoms with Crippen LogP contribution in [0, 0.1) is 0 Å². The first-order valence-electron chi connectivity index (χ1n) is 7.73. The van der Waals surface area contributed by atoms with Gasteiger partial charge < -0.3 is 14.4 Å². The fourth-order valence-corrected chi connectivity index (χ4v) is 3.24. The number of oxazole rings is 1. The van der Waals surface area contributed by atoms with Crippen molar-refractivity contribution in [3.05, 3.63) is 59.1 Å². The van der Waals surface area contributed by atoms with Crippen molar-refractivity contribution < 1.29 is 9.52 Å². The molecule has 1 N–H and O–H groups in total. The van der Waals surface area contributed by atoms with Gasteiger partial charge in [0.15, 0.2) is 5.58 Å². The number of benzene rings is 2. The second-order valence-corrected chi connectivity index (χ2v) is 6.43. The van der Waals surface area contributed by atoms with Crippen molar-refractivity contribution in [2.75, 3.05) is 18.0 Å². The SMILES string of the molecule is OC1(c2ccc(Cl)cc2)CCN(c2nc3ccccc3o2)CC1. The Morgan fingerprint density at radius 1 is 1.04 bits per heavy atom. The predicted octanol–water partition coefficient (Wildman–Crippen LogP) is 3.97. The van der Waals surface area contributed by atoms with Crippen molar-refractivity contribution in [2.24, 2.45) is 0 Å². The molecular formula is C18H17ClN2O2. The van der Waals surface area contributed by atoms with E-state index in [1.807, 2.05) is 48.5 Å². The summed E-state index contributed by atoms with van der Waals surface area (Å²) >= 11 is 5.93. The minimum absolute atomic E-state index is 0.629. The third kappa shape index (κ3) is 2.69. The van der Waals surface area contributed by atoms with Crippen LogP contribution in [0.3, 0.4) is 0 Å². The fourth-order valence-electron chi connectivity index (χ4n) is 3.11. The lowest BCUT2D eigenvalue weighted by molar-refractivity contribution is 0.0111. The van der Waals surface area contributed by atoms with Crippen molar-refractivity contribution in [3.8, 4) is 0 Å². The van der Waals surface area contributed by atoms with E-state index in [2.05, 4.69) is 9.88 Å². The molecule has 1 saturated heterocycles. The molecular weight excluding hydrogens is 312 g/mol. The van der Waals surface area contributed by atoms with Gasteiger partial charge in [-0.15, -0.1) is 0 Å². The average molecular weight is 329 g/mol. The van der Waals surface area contributed by atoms with Gasteiger partial charge in [-0.2, -0.15) is 4.98 Å². The second kappa shape index (κ2) is 5.55. The summed E-state index contributed by atoms with van der Waals surface area (Å²) in [7, 11) is 0. The molecule has 0 aliphatic carbocycles. The summed E-state index contributed by atoms with van der Waals surface area (Å²) in [5.41, 5.74) is 1.76. The van der Waals surface area contributed by atoms with E-state index in [9.17, 15) is 5.11 Å². The molecule has 0 bridgehead atoms. The molecule has 2 aromatic carbocycles. The first-order valence-corrected chi connectivity index (χ1v) is 8.11. The Kier molecular flexibility index (Phi) is 3.51. The zero-order chi connectivity index (χ0) is 15.9. The minimum atomic E-state index is -0.812. The first-order chi connectivity index (χ1) is 11.1. The molecule has 4 nitrogen and oxygen atoms in total. The highest BCUT2D eigenvalue weighted by atomic mass is 35.5. The van der Waals surface area contributed by atoms with E-state index in [0.717, 1.165) is 16.7 Å². The van der Waals surface area contributed by atoms with Crippen LogP contribution in [0.2, 0.25) is 5.02 Å². The summed E-state index contributed by atoms with van der Waals surface area (Å²) in [5, 5.41) is 11.6. The van der Waals surface area contributed by atoms with Crippen LogP contribution in [-0.4, -0.2) is 23.2 Å². The summed E-state index contributed by atoms with van der Waals surface area (Å²) in [6.45, 7) is 1.40. The standard InChI is InChI=1S/C18H17ClN2O2/c19-14-7-5-13(6-8-14)18(22)9-11-21(12-10-18)17-20-15-3-1-2-4-16(15)23-17/h1-8,22H,9-12H2. The third-order valence-corrected chi connectivity index (χ3v) is 4.78. The van der Waals surface area contributed by atoms with Crippen LogP contribution < -0.4 is 4.90 Å². The number of fused-ring (bicyclic) bond motifs is 1. The maximum Gasteiger partial charge on any atom is 0.298 e. The topological polar surface area (TPSA) is 49.5 Å². The molecule has 1 aliphatic rings. The molecule has 23 heavy (non-hydrogen) atoms. The Labute approximate surface area is 139 Å². The number of nitrogens with zero attached hydrogens (tertiary/aromatic N) is 2. The normalized spacial score (nSPS) is 17.6. The number of aromatic nitrogens is 1. The van der Waals surface area contributed by atoms with Crippen LogP contribution in [0.4, 0.5) is 6.01 Å². The van der Waals surface area contributed by atoms with E-state index in [0.29, 0.717) is 37.0 Å². The molecule has 2 heterocycles. The molecule has 5 heteroatoms. The number of piperidine rings is 1. The van der Waals surface area contributed by atoms with Gasteiger partial charge in [0.05, 0.1) is 5.60 Å². The zero-order valence-corrected chi connectivity index (χ0v) is 13.3. The molecule has 0 unspecified atom stereocenters. The molecule has 0 atom stereocenters. The number of halogens is 1. The predicted molar refractivity (Wildman–Crippen MR) is 90.8 cm³/mol. The molecule has 4 rings (SSSR count). The smallest absolute Gasteiger partial charge is 0.298 e. The van der Waals surface area contributed by atoms with Crippen LogP contribution >= 0.6 is 11.6 Å². The number of aliphatic hydroxyl groups is 1. The van der Waals surface area contributed by atoms with Gasteiger partial charge in [-0.1, -0.05) is 35.9 Å². The largest absolute Gasteiger partial charge is 0.423 e. The number of para-hydroxylation sites is 2. The average Bonchev–Trinajstić information content (AvgIpc) is 3.00. The van der Waals surface area contributed by atoms with Crippen LogP contribution in [0.15, 0.2) is 52.9 Å². The molecule has 0 amide bonds. The Balaban J connectivity index is 1.53. The van der Waals surface area contributed by atoms with Gasteiger partial charge >= 0.3 is 0 Å². The molecule has 1 fully saturated rings. The molecule has 0 radical (unpaired) electrons. The van der Waals surface area contributed by atoms with E-state index < -0.39 is 5.60 Å². The molecule has 118 valence electrons. The van der Waals surface area contributed by atoms with Crippen molar-refractivity contribution in [1.82, 2.24) is 4.98 Å². The maximum absolute atomic E-state index is 10.9. The highest BCUT2D eigenvalue weighted by Gasteiger charge is 2.35. The van der Waals surface area contributed by atoms with E-state index >= 15 is 0 Å². The highest BCUT2D eigenvalue weighted by molar-refractivity contribution is 6.30. The monoisotopic (exact) mass is 328 g/mol. The lowest BCUT2D eigenvalue weighted by Crippen LogP contribution is -2.42. The molecule has 1 aromatic heterocycles. The van der Waals surface area contributed by atoms with Crippen molar-refractivity contribution in [2.45, 2.75) is 18.4 Å². The fraction of sp³-hybridized carbons (Fsp3) is 0.278. The van der Waals surface area contributed by atoms with Gasteiger partial charge in [-0.25, -0.2) is 0 Å². The number of anilines is 1. The molecule has 0 saturated carbocycles. The van der Waals surface area contributed by atoms with Crippen LogP contribution in [-0.2, 0) is 5.60 Å². The molecule has 3 aromatic rings. The quantitative estimate of drug-likeness (QED) is 0.773. The van der Waals surface area contributed by atoms with Gasteiger partial charge in [-0.05, 0) is 42.7 Å².